The molecular formula is C17H17ClFNO2S. The monoisotopic (exact) mass is 353 g/mol. The molecule has 0 aliphatic carbocycles. The zero-order valence-electron chi connectivity index (χ0n) is 12.4. The molecule has 1 saturated heterocycles. The van der Waals surface area contributed by atoms with E-state index in [0.717, 1.165) is 11.1 Å². The fraction of sp³-hybridized carbons (Fsp3) is 0.294. The first-order valence-electron chi connectivity index (χ1n) is 7.39. The van der Waals surface area contributed by atoms with E-state index in [4.69, 9.17) is 10.7 Å². The Morgan fingerprint density at radius 3 is 2.30 bits per heavy atom. The molecular weight excluding hydrogens is 337 g/mol. The van der Waals surface area contributed by atoms with Crippen molar-refractivity contribution in [2.45, 2.75) is 17.7 Å². The summed E-state index contributed by atoms with van der Waals surface area (Å²) in [5.74, 6) is -0.583. The lowest BCUT2D eigenvalue weighted by Gasteiger charge is -2.16. The van der Waals surface area contributed by atoms with Crippen LogP contribution in [0.25, 0.3) is 0 Å². The van der Waals surface area contributed by atoms with E-state index in [1.165, 1.54) is 12.1 Å². The number of hydrogen-bond acceptors (Lipinski definition) is 3. The van der Waals surface area contributed by atoms with Gasteiger partial charge < -0.3 is 0 Å². The normalized spacial score (nSPS) is 22.3. The van der Waals surface area contributed by atoms with Gasteiger partial charge in [-0.3, -0.25) is 4.90 Å². The molecule has 1 fully saturated rings. The van der Waals surface area contributed by atoms with Crippen LogP contribution in [0.15, 0.2) is 54.6 Å². The SMILES string of the molecule is O=S(=O)(Cl)[C@@H]1CN(Cc2ccccc2)C[C@H]1c1ccc(F)cc1. The van der Waals surface area contributed by atoms with E-state index >= 15 is 0 Å². The number of hydrogen-bond donors (Lipinski definition) is 0. The van der Waals surface area contributed by atoms with Crippen molar-refractivity contribution in [1.29, 1.82) is 0 Å². The predicted molar refractivity (Wildman–Crippen MR) is 89.4 cm³/mol. The highest BCUT2D eigenvalue weighted by atomic mass is 35.7. The van der Waals surface area contributed by atoms with Gasteiger partial charge >= 0.3 is 0 Å². The minimum atomic E-state index is -3.70. The van der Waals surface area contributed by atoms with Gasteiger partial charge in [0, 0.05) is 36.2 Å². The molecule has 0 saturated carbocycles. The summed E-state index contributed by atoms with van der Waals surface area (Å²) in [6.45, 7) is 1.63. The average molecular weight is 354 g/mol. The Balaban J connectivity index is 1.84. The van der Waals surface area contributed by atoms with Crippen molar-refractivity contribution in [3.05, 3.63) is 71.5 Å². The van der Waals surface area contributed by atoms with Gasteiger partial charge in [-0.25, -0.2) is 12.8 Å². The van der Waals surface area contributed by atoms with Gasteiger partial charge in [0.05, 0.1) is 5.25 Å². The van der Waals surface area contributed by atoms with Crippen LogP contribution in [0.3, 0.4) is 0 Å². The molecule has 2 aromatic rings. The van der Waals surface area contributed by atoms with Gasteiger partial charge in [0.2, 0.25) is 9.05 Å². The largest absolute Gasteiger partial charge is 0.297 e. The molecule has 2 atom stereocenters. The zero-order chi connectivity index (χ0) is 16.4. The summed E-state index contributed by atoms with van der Waals surface area (Å²) in [5.41, 5.74) is 1.93. The average Bonchev–Trinajstić information content (AvgIpc) is 2.93. The lowest BCUT2D eigenvalue weighted by molar-refractivity contribution is 0.327. The first-order valence-corrected chi connectivity index (χ1v) is 9.76. The van der Waals surface area contributed by atoms with Crippen LogP contribution in [0, 0.1) is 5.82 Å². The highest BCUT2D eigenvalue weighted by molar-refractivity contribution is 8.14. The second kappa shape index (κ2) is 6.59. The van der Waals surface area contributed by atoms with Gasteiger partial charge in [-0.2, -0.15) is 0 Å². The van der Waals surface area contributed by atoms with Gasteiger partial charge in [0.25, 0.3) is 0 Å². The maximum Gasteiger partial charge on any atom is 0.237 e. The maximum absolute atomic E-state index is 13.1. The Morgan fingerprint density at radius 2 is 1.70 bits per heavy atom. The van der Waals surface area contributed by atoms with Crippen molar-refractivity contribution in [2.75, 3.05) is 13.1 Å². The van der Waals surface area contributed by atoms with Crippen LogP contribution in [0.2, 0.25) is 0 Å². The molecule has 0 bridgehead atoms. The molecule has 0 radical (unpaired) electrons. The molecule has 1 aliphatic rings. The summed E-state index contributed by atoms with van der Waals surface area (Å²) in [5, 5.41) is -0.682. The van der Waals surface area contributed by atoms with Gasteiger partial charge in [-0.05, 0) is 23.3 Å². The Bertz CT molecular complexity index is 765. The third kappa shape index (κ3) is 3.91. The molecule has 1 aliphatic heterocycles. The van der Waals surface area contributed by atoms with E-state index in [2.05, 4.69) is 4.90 Å². The van der Waals surface area contributed by atoms with Crippen LogP contribution in [-0.2, 0) is 15.6 Å². The molecule has 3 rings (SSSR count). The molecule has 23 heavy (non-hydrogen) atoms. The highest BCUT2D eigenvalue weighted by Crippen LogP contribution is 2.34. The fourth-order valence-corrected chi connectivity index (χ4v) is 4.70. The molecule has 6 heteroatoms. The summed E-state index contributed by atoms with van der Waals surface area (Å²) in [6.07, 6.45) is 0. The summed E-state index contributed by atoms with van der Waals surface area (Å²) in [6, 6.07) is 15.9. The molecule has 0 unspecified atom stereocenters. The standard InChI is InChI=1S/C17H17ClFNO2S/c18-23(21,22)17-12-20(10-13-4-2-1-3-5-13)11-16(17)14-6-8-15(19)9-7-14/h1-9,16-17H,10-12H2/t16-,17+/m0/s1. The van der Waals surface area contributed by atoms with E-state index in [9.17, 15) is 12.8 Å². The molecule has 3 nitrogen and oxygen atoms in total. The van der Waals surface area contributed by atoms with Crippen molar-refractivity contribution < 1.29 is 12.8 Å². The van der Waals surface area contributed by atoms with Gasteiger partial charge in [-0.1, -0.05) is 42.5 Å². The summed E-state index contributed by atoms with van der Waals surface area (Å²) < 4.78 is 37.0. The molecule has 122 valence electrons. The molecule has 2 aromatic carbocycles. The van der Waals surface area contributed by atoms with Gasteiger partial charge in [-0.15, -0.1) is 0 Å². The second-order valence-electron chi connectivity index (χ2n) is 5.85. The van der Waals surface area contributed by atoms with Crippen molar-refractivity contribution in [3.8, 4) is 0 Å². The number of halogens is 2. The Kier molecular flexibility index (Phi) is 4.71. The quantitative estimate of drug-likeness (QED) is 0.791. The van der Waals surface area contributed by atoms with E-state index in [-0.39, 0.29) is 11.7 Å². The number of likely N-dealkylation sites (tertiary alicyclic amines) is 1. The third-order valence-electron chi connectivity index (χ3n) is 4.25. The minimum absolute atomic E-state index is 0.248. The van der Waals surface area contributed by atoms with Crippen LogP contribution < -0.4 is 0 Å². The summed E-state index contributed by atoms with van der Waals surface area (Å²) in [4.78, 5) is 2.08. The summed E-state index contributed by atoms with van der Waals surface area (Å²) >= 11 is 0. The number of benzene rings is 2. The molecule has 0 spiro atoms. The molecule has 1 heterocycles. The molecule has 0 N–H and O–H groups in total. The number of rotatable bonds is 4. The van der Waals surface area contributed by atoms with E-state index in [1.807, 2.05) is 30.3 Å². The van der Waals surface area contributed by atoms with Crippen molar-refractivity contribution in [1.82, 2.24) is 4.90 Å². The Morgan fingerprint density at radius 1 is 1.04 bits per heavy atom. The minimum Gasteiger partial charge on any atom is -0.297 e. The van der Waals surface area contributed by atoms with Crippen LogP contribution in [0.4, 0.5) is 4.39 Å². The summed E-state index contributed by atoms with van der Waals surface area (Å²) in [7, 11) is 1.96. The zero-order valence-corrected chi connectivity index (χ0v) is 14.0. The smallest absolute Gasteiger partial charge is 0.237 e. The lowest BCUT2D eigenvalue weighted by atomic mass is 9.98. The van der Waals surface area contributed by atoms with Crippen LogP contribution in [-0.4, -0.2) is 31.7 Å². The molecule has 0 amide bonds. The molecule has 0 aromatic heterocycles. The van der Waals surface area contributed by atoms with Crippen molar-refractivity contribution >= 4 is 19.7 Å². The fourth-order valence-electron chi connectivity index (χ4n) is 3.14. The van der Waals surface area contributed by atoms with Gasteiger partial charge in [0.1, 0.15) is 5.82 Å². The third-order valence-corrected chi connectivity index (χ3v) is 6.14. The van der Waals surface area contributed by atoms with Crippen LogP contribution in [0.1, 0.15) is 17.0 Å². The van der Waals surface area contributed by atoms with Gasteiger partial charge in [0.15, 0.2) is 0 Å². The lowest BCUT2D eigenvalue weighted by Crippen LogP contribution is -2.25. The first-order chi connectivity index (χ1) is 10.9. The maximum atomic E-state index is 13.1. The van der Waals surface area contributed by atoms with E-state index in [1.54, 1.807) is 12.1 Å². The Hall–Kier alpha value is -1.43. The number of nitrogens with zero attached hydrogens (tertiary/aromatic N) is 1. The first kappa shape index (κ1) is 16.4. The predicted octanol–water partition coefficient (Wildman–Crippen LogP) is 3.36. The Labute approximate surface area is 140 Å². The van der Waals surface area contributed by atoms with E-state index < -0.39 is 14.3 Å². The topological polar surface area (TPSA) is 37.4 Å². The van der Waals surface area contributed by atoms with Crippen molar-refractivity contribution in [2.24, 2.45) is 0 Å². The van der Waals surface area contributed by atoms with Crippen LogP contribution in [0.5, 0.6) is 0 Å². The highest BCUT2D eigenvalue weighted by Gasteiger charge is 2.41. The van der Waals surface area contributed by atoms with E-state index in [0.29, 0.717) is 19.6 Å². The van der Waals surface area contributed by atoms with Crippen LogP contribution >= 0.6 is 10.7 Å². The second-order valence-corrected chi connectivity index (χ2v) is 8.70. The van der Waals surface area contributed by atoms with Crippen molar-refractivity contribution in [3.63, 3.8) is 0 Å².